The van der Waals surface area contributed by atoms with E-state index in [-0.39, 0.29) is 5.60 Å². The standard InChI is InChI=1S/C13H15BrO/c14-11-5-4-10-9-13(15-12(10)8-11)6-2-1-3-7-13/h4-5,8H,1-3,6-7,9H2. The molecule has 0 N–H and O–H groups in total. The van der Waals surface area contributed by atoms with Crippen molar-refractivity contribution >= 4 is 15.9 Å². The highest BCUT2D eigenvalue weighted by Crippen LogP contribution is 2.44. The van der Waals surface area contributed by atoms with E-state index < -0.39 is 0 Å². The van der Waals surface area contributed by atoms with Gasteiger partial charge in [-0.25, -0.2) is 0 Å². The van der Waals surface area contributed by atoms with Gasteiger partial charge in [-0.15, -0.1) is 0 Å². The average Bonchev–Trinajstić information content (AvgIpc) is 2.56. The normalized spacial score (nSPS) is 22.5. The minimum absolute atomic E-state index is 0.154. The Morgan fingerprint density at radius 1 is 1.13 bits per heavy atom. The average molecular weight is 267 g/mol. The third kappa shape index (κ3) is 1.69. The maximum atomic E-state index is 6.19. The summed E-state index contributed by atoms with van der Waals surface area (Å²) in [5.41, 5.74) is 1.54. The molecule has 0 aromatic heterocycles. The van der Waals surface area contributed by atoms with Crippen LogP contribution in [0, 0.1) is 0 Å². The highest BCUT2D eigenvalue weighted by Gasteiger charge is 2.39. The monoisotopic (exact) mass is 266 g/mol. The number of fused-ring (bicyclic) bond motifs is 1. The second-order valence-corrected chi connectivity index (χ2v) is 5.69. The summed E-state index contributed by atoms with van der Waals surface area (Å²) in [6, 6.07) is 6.42. The third-order valence-corrected chi connectivity index (χ3v) is 4.13. The Balaban J connectivity index is 1.90. The van der Waals surface area contributed by atoms with Crippen molar-refractivity contribution in [1.29, 1.82) is 0 Å². The second kappa shape index (κ2) is 3.51. The molecule has 1 aromatic rings. The van der Waals surface area contributed by atoms with Gasteiger partial charge < -0.3 is 4.74 Å². The molecule has 1 saturated carbocycles. The molecule has 0 bridgehead atoms. The predicted octanol–water partition coefficient (Wildman–Crippen LogP) is 4.09. The number of ether oxygens (including phenoxy) is 1. The van der Waals surface area contributed by atoms with Gasteiger partial charge in [0.1, 0.15) is 11.4 Å². The first kappa shape index (κ1) is 9.71. The first-order chi connectivity index (χ1) is 7.27. The Morgan fingerprint density at radius 3 is 2.73 bits per heavy atom. The molecular formula is C13H15BrO. The maximum Gasteiger partial charge on any atom is 0.124 e. The van der Waals surface area contributed by atoms with Crippen LogP contribution in [-0.4, -0.2) is 5.60 Å². The fourth-order valence-electron chi connectivity index (χ4n) is 2.86. The van der Waals surface area contributed by atoms with Crippen LogP contribution in [0.2, 0.25) is 0 Å². The molecule has 0 atom stereocenters. The molecule has 2 aliphatic rings. The number of halogens is 1. The van der Waals surface area contributed by atoms with Gasteiger partial charge in [0.25, 0.3) is 0 Å². The molecule has 1 aromatic carbocycles. The van der Waals surface area contributed by atoms with Crippen LogP contribution in [0.4, 0.5) is 0 Å². The summed E-state index contributed by atoms with van der Waals surface area (Å²) in [5, 5.41) is 0. The van der Waals surface area contributed by atoms with E-state index >= 15 is 0 Å². The summed E-state index contributed by atoms with van der Waals surface area (Å²) >= 11 is 3.50. The fraction of sp³-hybridized carbons (Fsp3) is 0.538. The second-order valence-electron chi connectivity index (χ2n) is 4.77. The predicted molar refractivity (Wildman–Crippen MR) is 64.3 cm³/mol. The van der Waals surface area contributed by atoms with E-state index in [0.717, 1.165) is 16.6 Å². The van der Waals surface area contributed by atoms with Crippen LogP contribution in [-0.2, 0) is 6.42 Å². The van der Waals surface area contributed by atoms with E-state index in [4.69, 9.17) is 4.74 Å². The molecule has 1 heterocycles. The molecule has 3 rings (SSSR count). The Hall–Kier alpha value is -0.500. The Kier molecular flexibility index (Phi) is 2.27. The van der Waals surface area contributed by atoms with E-state index in [2.05, 4.69) is 34.1 Å². The summed E-state index contributed by atoms with van der Waals surface area (Å²) in [4.78, 5) is 0. The van der Waals surface area contributed by atoms with Gasteiger partial charge in [0.05, 0.1) is 0 Å². The molecular weight excluding hydrogens is 252 g/mol. The highest BCUT2D eigenvalue weighted by atomic mass is 79.9. The lowest BCUT2D eigenvalue weighted by Gasteiger charge is -2.32. The van der Waals surface area contributed by atoms with Crippen molar-refractivity contribution in [2.45, 2.75) is 44.1 Å². The number of hydrogen-bond acceptors (Lipinski definition) is 1. The third-order valence-electron chi connectivity index (χ3n) is 3.63. The molecule has 1 aliphatic heterocycles. The molecule has 1 fully saturated rings. The molecule has 1 aliphatic carbocycles. The van der Waals surface area contributed by atoms with Crippen LogP contribution in [0.15, 0.2) is 22.7 Å². The molecule has 15 heavy (non-hydrogen) atoms. The zero-order valence-corrected chi connectivity index (χ0v) is 10.3. The molecule has 2 heteroatoms. The van der Waals surface area contributed by atoms with E-state index in [9.17, 15) is 0 Å². The van der Waals surface area contributed by atoms with Crippen LogP contribution >= 0.6 is 15.9 Å². The van der Waals surface area contributed by atoms with Crippen molar-refractivity contribution in [3.8, 4) is 5.75 Å². The van der Waals surface area contributed by atoms with Crippen molar-refractivity contribution in [2.75, 3.05) is 0 Å². The maximum absolute atomic E-state index is 6.19. The van der Waals surface area contributed by atoms with Crippen LogP contribution in [0.5, 0.6) is 5.75 Å². The minimum Gasteiger partial charge on any atom is -0.487 e. The molecule has 0 unspecified atom stereocenters. The summed E-state index contributed by atoms with van der Waals surface area (Å²) in [6.07, 6.45) is 7.63. The van der Waals surface area contributed by atoms with Crippen LogP contribution in [0.25, 0.3) is 0 Å². The lowest BCUT2D eigenvalue weighted by Crippen LogP contribution is -2.36. The van der Waals surface area contributed by atoms with Gasteiger partial charge in [0, 0.05) is 10.9 Å². The molecule has 80 valence electrons. The van der Waals surface area contributed by atoms with Gasteiger partial charge in [-0.2, -0.15) is 0 Å². The summed E-state index contributed by atoms with van der Waals surface area (Å²) in [7, 11) is 0. The number of hydrogen-bond donors (Lipinski definition) is 0. The fourth-order valence-corrected chi connectivity index (χ4v) is 3.20. The van der Waals surface area contributed by atoms with Crippen molar-refractivity contribution in [2.24, 2.45) is 0 Å². The van der Waals surface area contributed by atoms with E-state index in [1.807, 2.05) is 0 Å². The van der Waals surface area contributed by atoms with Crippen molar-refractivity contribution in [1.82, 2.24) is 0 Å². The van der Waals surface area contributed by atoms with E-state index in [1.165, 1.54) is 37.7 Å². The number of rotatable bonds is 0. The lowest BCUT2D eigenvalue weighted by molar-refractivity contribution is 0.0528. The molecule has 0 saturated heterocycles. The van der Waals surface area contributed by atoms with Gasteiger partial charge in [0.15, 0.2) is 0 Å². The minimum atomic E-state index is 0.154. The zero-order valence-electron chi connectivity index (χ0n) is 8.76. The Labute approximate surface area is 99.0 Å². The van der Waals surface area contributed by atoms with E-state index in [0.29, 0.717) is 0 Å². The van der Waals surface area contributed by atoms with Crippen LogP contribution in [0.1, 0.15) is 37.7 Å². The van der Waals surface area contributed by atoms with Crippen LogP contribution in [0.3, 0.4) is 0 Å². The quantitative estimate of drug-likeness (QED) is 0.688. The zero-order chi connectivity index (χ0) is 10.3. The Morgan fingerprint density at radius 2 is 1.93 bits per heavy atom. The smallest absolute Gasteiger partial charge is 0.124 e. The molecule has 0 amide bonds. The first-order valence-corrected chi connectivity index (χ1v) is 6.54. The Bertz CT molecular complexity index is 380. The van der Waals surface area contributed by atoms with Gasteiger partial charge in [-0.05, 0) is 43.4 Å². The topological polar surface area (TPSA) is 9.23 Å². The summed E-state index contributed by atoms with van der Waals surface area (Å²) in [5.74, 6) is 1.10. The highest BCUT2D eigenvalue weighted by molar-refractivity contribution is 9.10. The molecule has 1 nitrogen and oxygen atoms in total. The van der Waals surface area contributed by atoms with Gasteiger partial charge in [-0.1, -0.05) is 28.4 Å². The summed E-state index contributed by atoms with van der Waals surface area (Å²) < 4.78 is 7.31. The van der Waals surface area contributed by atoms with Crippen molar-refractivity contribution in [3.05, 3.63) is 28.2 Å². The largest absolute Gasteiger partial charge is 0.487 e. The van der Waals surface area contributed by atoms with Gasteiger partial charge >= 0.3 is 0 Å². The SMILES string of the molecule is Brc1ccc2c(c1)OC1(CCCCC1)C2. The van der Waals surface area contributed by atoms with Crippen molar-refractivity contribution < 1.29 is 4.74 Å². The van der Waals surface area contributed by atoms with Crippen molar-refractivity contribution in [3.63, 3.8) is 0 Å². The van der Waals surface area contributed by atoms with Gasteiger partial charge in [-0.3, -0.25) is 0 Å². The molecule has 1 spiro atoms. The summed E-state index contributed by atoms with van der Waals surface area (Å²) in [6.45, 7) is 0. The lowest BCUT2D eigenvalue weighted by atomic mass is 9.82. The first-order valence-electron chi connectivity index (χ1n) is 5.75. The van der Waals surface area contributed by atoms with E-state index in [1.54, 1.807) is 0 Å². The number of benzene rings is 1. The van der Waals surface area contributed by atoms with Gasteiger partial charge in [0.2, 0.25) is 0 Å². The molecule has 0 radical (unpaired) electrons. The van der Waals surface area contributed by atoms with Crippen LogP contribution < -0.4 is 4.74 Å².